The topological polar surface area (TPSA) is 38.3 Å². The minimum Gasteiger partial charge on any atom is -0.450 e. The summed E-state index contributed by atoms with van der Waals surface area (Å²) in [4.78, 5) is 13.0. The van der Waals surface area contributed by atoms with Crippen molar-refractivity contribution in [1.82, 2.24) is 5.32 Å². The Bertz CT molecular complexity index is 645. The molecule has 22 heavy (non-hydrogen) atoms. The van der Waals surface area contributed by atoms with Crippen molar-refractivity contribution < 1.29 is 9.53 Å². The highest BCUT2D eigenvalue weighted by atomic mass is 32.2. The van der Waals surface area contributed by atoms with Crippen LogP contribution in [0.4, 0.5) is 4.79 Å². The summed E-state index contributed by atoms with van der Waals surface area (Å²) in [5.41, 5.74) is 2.61. The Balaban J connectivity index is 1.82. The molecule has 1 aliphatic rings. The molecule has 114 valence electrons. The number of carbonyl (C=O) groups excluding carboxylic acids is 1. The molecule has 0 spiro atoms. The Hall–Kier alpha value is -1.94. The van der Waals surface area contributed by atoms with Gasteiger partial charge in [-0.05, 0) is 36.6 Å². The Morgan fingerprint density at radius 2 is 1.91 bits per heavy atom. The van der Waals surface area contributed by atoms with Gasteiger partial charge in [0, 0.05) is 4.90 Å². The predicted octanol–water partition coefficient (Wildman–Crippen LogP) is 4.19. The lowest BCUT2D eigenvalue weighted by atomic mass is 10.1. The number of amides is 1. The second-order valence-electron chi connectivity index (χ2n) is 5.23. The summed E-state index contributed by atoms with van der Waals surface area (Å²) in [6, 6.07) is 18.8. The molecule has 0 saturated carbocycles. The van der Waals surface area contributed by atoms with Crippen LogP contribution in [0.3, 0.4) is 0 Å². The number of benzene rings is 2. The fourth-order valence-electron chi connectivity index (χ4n) is 2.80. The van der Waals surface area contributed by atoms with Gasteiger partial charge in [-0.2, -0.15) is 0 Å². The van der Waals surface area contributed by atoms with Gasteiger partial charge in [-0.1, -0.05) is 42.5 Å². The Morgan fingerprint density at radius 1 is 1.18 bits per heavy atom. The van der Waals surface area contributed by atoms with Crippen LogP contribution in [0, 0.1) is 0 Å². The molecular weight excluding hydrogens is 294 g/mol. The molecule has 3 nitrogen and oxygen atoms in total. The number of alkyl carbamates (subject to hydrolysis) is 1. The fourth-order valence-corrected chi connectivity index (χ4v) is 4.09. The molecule has 2 aromatic carbocycles. The maximum Gasteiger partial charge on any atom is 0.407 e. The van der Waals surface area contributed by atoms with Crippen LogP contribution in [0.2, 0.25) is 0 Å². The zero-order valence-electron chi connectivity index (χ0n) is 12.5. The van der Waals surface area contributed by atoms with E-state index in [1.54, 1.807) is 11.8 Å². The molecule has 2 atom stereocenters. The normalized spacial score (nSPS) is 19.5. The molecule has 0 saturated heterocycles. The second-order valence-corrected chi connectivity index (χ2v) is 6.44. The number of rotatable bonds is 4. The molecule has 0 radical (unpaired) electrons. The van der Waals surface area contributed by atoms with Crippen LogP contribution in [0.15, 0.2) is 59.5 Å². The van der Waals surface area contributed by atoms with E-state index < -0.39 is 0 Å². The average Bonchev–Trinajstić information content (AvgIpc) is 2.86. The number of thioether (sulfide) groups is 1. The first kappa shape index (κ1) is 15.0. The molecule has 0 aromatic heterocycles. The predicted molar refractivity (Wildman–Crippen MR) is 89.1 cm³/mol. The van der Waals surface area contributed by atoms with Gasteiger partial charge in [-0.3, -0.25) is 0 Å². The van der Waals surface area contributed by atoms with Gasteiger partial charge in [-0.25, -0.2) is 4.79 Å². The van der Waals surface area contributed by atoms with E-state index in [0.717, 1.165) is 6.42 Å². The van der Waals surface area contributed by atoms with Gasteiger partial charge in [0.15, 0.2) is 0 Å². The molecule has 0 fully saturated rings. The molecule has 1 aliphatic carbocycles. The highest BCUT2D eigenvalue weighted by molar-refractivity contribution is 7.99. The molecule has 4 heteroatoms. The first-order valence-electron chi connectivity index (χ1n) is 7.50. The van der Waals surface area contributed by atoms with Crippen molar-refractivity contribution in [2.24, 2.45) is 0 Å². The largest absolute Gasteiger partial charge is 0.450 e. The molecule has 0 bridgehead atoms. The molecular formula is C18H19NO2S. The van der Waals surface area contributed by atoms with Gasteiger partial charge in [0.25, 0.3) is 0 Å². The van der Waals surface area contributed by atoms with Crippen LogP contribution in [-0.2, 0) is 11.2 Å². The number of ether oxygens (including phenoxy) is 1. The van der Waals surface area contributed by atoms with E-state index in [1.165, 1.54) is 16.0 Å². The van der Waals surface area contributed by atoms with Gasteiger partial charge in [0.2, 0.25) is 0 Å². The highest BCUT2D eigenvalue weighted by Crippen LogP contribution is 2.44. The number of carbonyl (C=O) groups is 1. The van der Waals surface area contributed by atoms with Gasteiger partial charge in [-0.15, -0.1) is 11.8 Å². The van der Waals surface area contributed by atoms with E-state index in [4.69, 9.17) is 4.74 Å². The van der Waals surface area contributed by atoms with Gasteiger partial charge in [0.05, 0.1) is 17.9 Å². The Kier molecular flexibility index (Phi) is 4.68. The van der Waals surface area contributed by atoms with E-state index in [1.807, 2.05) is 25.1 Å². The van der Waals surface area contributed by atoms with Crippen molar-refractivity contribution in [2.45, 2.75) is 29.5 Å². The number of nitrogens with one attached hydrogen (secondary N) is 1. The fraction of sp³-hybridized carbons (Fsp3) is 0.278. The van der Waals surface area contributed by atoms with Crippen LogP contribution < -0.4 is 5.32 Å². The third-order valence-electron chi connectivity index (χ3n) is 3.75. The number of hydrogen-bond donors (Lipinski definition) is 1. The van der Waals surface area contributed by atoms with Crippen molar-refractivity contribution >= 4 is 17.9 Å². The number of fused-ring (bicyclic) bond motifs is 1. The van der Waals surface area contributed by atoms with Crippen molar-refractivity contribution in [3.8, 4) is 0 Å². The standard InChI is InChI=1S/C18H19NO2S/c1-2-21-18(20)19-16-12-13-8-6-7-11-15(13)17(16)22-14-9-4-3-5-10-14/h3-11,16-17H,2,12H2,1H3,(H,19,20)/t16-,17-/m0/s1. The van der Waals surface area contributed by atoms with Crippen LogP contribution in [0.25, 0.3) is 0 Å². The Labute approximate surface area is 135 Å². The minimum atomic E-state index is -0.334. The third-order valence-corrected chi connectivity index (χ3v) is 5.13. The summed E-state index contributed by atoms with van der Waals surface area (Å²) in [7, 11) is 0. The van der Waals surface area contributed by atoms with Crippen LogP contribution in [0.1, 0.15) is 23.3 Å². The SMILES string of the molecule is CCOC(=O)N[C@H]1Cc2ccccc2[C@@H]1Sc1ccccc1. The molecule has 1 amide bonds. The highest BCUT2D eigenvalue weighted by Gasteiger charge is 2.34. The van der Waals surface area contributed by atoms with E-state index in [2.05, 4.69) is 41.7 Å². The number of hydrogen-bond acceptors (Lipinski definition) is 3. The molecule has 0 heterocycles. The monoisotopic (exact) mass is 313 g/mol. The van der Waals surface area contributed by atoms with E-state index >= 15 is 0 Å². The lowest BCUT2D eigenvalue weighted by Crippen LogP contribution is -2.37. The van der Waals surface area contributed by atoms with E-state index in [-0.39, 0.29) is 17.4 Å². The molecule has 3 rings (SSSR count). The maximum absolute atomic E-state index is 11.8. The summed E-state index contributed by atoms with van der Waals surface area (Å²) >= 11 is 1.79. The first-order valence-corrected chi connectivity index (χ1v) is 8.38. The summed E-state index contributed by atoms with van der Waals surface area (Å²) < 4.78 is 5.04. The van der Waals surface area contributed by atoms with Gasteiger partial charge in [0.1, 0.15) is 0 Å². The van der Waals surface area contributed by atoms with Crippen LogP contribution >= 0.6 is 11.8 Å². The molecule has 0 unspecified atom stereocenters. The minimum absolute atomic E-state index is 0.0571. The average molecular weight is 313 g/mol. The van der Waals surface area contributed by atoms with Crippen LogP contribution in [-0.4, -0.2) is 18.7 Å². The summed E-state index contributed by atoms with van der Waals surface area (Å²) in [5.74, 6) is 0. The first-order chi connectivity index (χ1) is 10.8. The second kappa shape index (κ2) is 6.88. The maximum atomic E-state index is 11.8. The molecule has 0 aliphatic heterocycles. The quantitative estimate of drug-likeness (QED) is 0.919. The van der Waals surface area contributed by atoms with Gasteiger partial charge >= 0.3 is 6.09 Å². The summed E-state index contributed by atoms with van der Waals surface area (Å²) in [6.07, 6.45) is 0.512. The van der Waals surface area contributed by atoms with Crippen molar-refractivity contribution in [2.75, 3.05) is 6.61 Å². The Morgan fingerprint density at radius 3 is 2.68 bits per heavy atom. The molecule has 1 N–H and O–H groups in total. The lowest BCUT2D eigenvalue weighted by Gasteiger charge is -2.21. The molecule has 2 aromatic rings. The van der Waals surface area contributed by atoms with Crippen molar-refractivity contribution in [3.05, 3.63) is 65.7 Å². The zero-order chi connectivity index (χ0) is 15.4. The summed E-state index contributed by atoms with van der Waals surface area (Å²) in [6.45, 7) is 2.21. The van der Waals surface area contributed by atoms with E-state index in [0.29, 0.717) is 6.61 Å². The summed E-state index contributed by atoms with van der Waals surface area (Å²) in [5, 5.41) is 3.23. The van der Waals surface area contributed by atoms with E-state index in [9.17, 15) is 4.79 Å². The zero-order valence-corrected chi connectivity index (χ0v) is 13.3. The smallest absolute Gasteiger partial charge is 0.407 e. The van der Waals surface area contributed by atoms with Crippen LogP contribution in [0.5, 0.6) is 0 Å². The van der Waals surface area contributed by atoms with Crippen molar-refractivity contribution in [3.63, 3.8) is 0 Å². The van der Waals surface area contributed by atoms with Gasteiger partial charge < -0.3 is 10.1 Å². The third kappa shape index (κ3) is 3.28. The lowest BCUT2D eigenvalue weighted by molar-refractivity contribution is 0.148. The van der Waals surface area contributed by atoms with Crippen molar-refractivity contribution in [1.29, 1.82) is 0 Å².